The average molecular weight is 396 g/mol. The van der Waals surface area contributed by atoms with E-state index in [2.05, 4.69) is 5.32 Å². The van der Waals surface area contributed by atoms with Gasteiger partial charge in [0.1, 0.15) is 5.60 Å². The summed E-state index contributed by atoms with van der Waals surface area (Å²) in [4.78, 5) is 40.5. The summed E-state index contributed by atoms with van der Waals surface area (Å²) < 4.78 is 5.42. The first kappa shape index (κ1) is 22.5. The van der Waals surface area contributed by atoms with Crippen LogP contribution in [0.5, 0.6) is 0 Å². The van der Waals surface area contributed by atoms with Gasteiger partial charge in [-0.05, 0) is 66.2 Å². The lowest BCUT2D eigenvalue weighted by Gasteiger charge is -2.35. The van der Waals surface area contributed by atoms with Crippen LogP contribution in [-0.4, -0.2) is 65.5 Å². The van der Waals surface area contributed by atoms with Crippen LogP contribution in [0.25, 0.3) is 0 Å². The van der Waals surface area contributed by atoms with Gasteiger partial charge in [0.15, 0.2) is 0 Å². The molecular weight excluding hydrogens is 358 g/mol. The highest BCUT2D eigenvalue weighted by molar-refractivity contribution is 5.80. The minimum absolute atomic E-state index is 0.0171. The van der Waals surface area contributed by atoms with Gasteiger partial charge in [-0.25, -0.2) is 4.79 Å². The minimum Gasteiger partial charge on any atom is -0.444 e. The second-order valence-electron chi connectivity index (χ2n) is 9.43. The monoisotopic (exact) mass is 395 g/mol. The molecule has 2 aliphatic heterocycles. The fourth-order valence-corrected chi connectivity index (χ4v) is 3.82. The second kappa shape index (κ2) is 9.61. The van der Waals surface area contributed by atoms with E-state index in [4.69, 9.17) is 4.74 Å². The van der Waals surface area contributed by atoms with Gasteiger partial charge in [0.2, 0.25) is 11.8 Å². The summed E-state index contributed by atoms with van der Waals surface area (Å²) in [6, 6.07) is 0.152. The maximum absolute atomic E-state index is 12.6. The van der Waals surface area contributed by atoms with Crippen molar-refractivity contribution in [1.82, 2.24) is 15.1 Å². The van der Waals surface area contributed by atoms with Crippen LogP contribution in [0.3, 0.4) is 0 Å². The molecule has 2 fully saturated rings. The molecule has 2 rings (SSSR count). The highest BCUT2D eigenvalue weighted by Gasteiger charge is 2.31. The molecule has 0 bridgehead atoms. The van der Waals surface area contributed by atoms with Crippen LogP contribution >= 0.6 is 0 Å². The highest BCUT2D eigenvalue weighted by Crippen LogP contribution is 2.25. The van der Waals surface area contributed by atoms with Crippen LogP contribution in [0.2, 0.25) is 0 Å². The summed E-state index contributed by atoms with van der Waals surface area (Å²) >= 11 is 0. The molecule has 0 aromatic rings. The first-order valence-corrected chi connectivity index (χ1v) is 10.6. The van der Waals surface area contributed by atoms with Crippen molar-refractivity contribution in [3.8, 4) is 0 Å². The van der Waals surface area contributed by atoms with Crippen LogP contribution in [-0.2, 0) is 14.3 Å². The largest absolute Gasteiger partial charge is 0.444 e. The number of likely N-dealkylation sites (tertiary alicyclic amines) is 2. The van der Waals surface area contributed by atoms with Crippen LogP contribution in [0.15, 0.2) is 0 Å². The molecule has 1 N–H and O–H groups in total. The van der Waals surface area contributed by atoms with E-state index in [1.54, 1.807) is 4.90 Å². The molecule has 0 spiro atoms. The maximum atomic E-state index is 12.6. The number of ether oxygens (including phenoxy) is 1. The fraction of sp³-hybridized carbons (Fsp3) is 0.857. The van der Waals surface area contributed by atoms with Gasteiger partial charge in [0.25, 0.3) is 0 Å². The third-order valence-electron chi connectivity index (χ3n) is 5.38. The van der Waals surface area contributed by atoms with Gasteiger partial charge in [0, 0.05) is 44.6 Å². The Kier molecular flexibility index (Phi) is 7.72. The van der Waals surface area contributed by atoms with E-state index in [0.717, 1.165) is 25.7 Å². The number of piperidine rings is 2. The number of amides is 3. The van der Waals surface area contributed by atoms with Gasteiger partial charge in [0.05, 0.1) is 0 Å². The molecule has 2 heterocycles. The first-order valence-electron chi connectivity index (χ1n) is 10.6. The second-order valence-corrected chi connectivity index (χ2v) is 9.43. The minimum atomic E-state index is -0.484. The molecule has 0 aliphatic carbocycles. The zero-order valence-electron chi connectivity index (χ0n) is 18.1. The van der Waals surface area contributed by atoms with Gasteiger partial charge in [-0.3, -0.25) is 9.59 Å². The van der Waals surface area contributed by atoms with E-state index < -0.39 is 5.60 Å². The van der Waals surface area contributed by atoms with Crippen molar-refractivity contribution < 1.29 is 19.1 Å². The van der Waals surface area contributed by atoms with Crippen LogP contribution in [0.4, 0.5) is 4.79 Å². The molecule has 2 aliphatic rings. The highest BCUT2D eigenvalue weighted by atomic mass is 16.6. The Balaban J connectivity index is 1.71. The quantitative estimate of drug-likeness (QED) is 0.794. The summed E-state index contributed by atoms with van der Waals surface area (Å²) in [6.45, 7) is 12.1. The van der Waals surface area contributed by atoms with E-state index in [-0.39, 0.29) is 29.9 Å². The number of nitrogens with one attached hydrogen (secondary N) is 1. The molecule has 7 nitrogen and oxygen atoms in total. The van der Waals surface area contributed by atoms with Crippen LogP contribution in [0, 0.1) is 11.8 Å². The Bertz CT molecular complexity index is 554. The number of carbonyl (C=O) groups excluding carboxylic acids is 3. The fourth-order valence-electron chi connectivity index (χ4n) is 3.82. The molecule has 0 aromatic carbocycles. The lowest BCUT2D eigenvalue weighted by Crippen LogP contribution is -2.45. The molecule has 0 unspecified atom stereocenters. The average Bonchev–Trinajstić information content (AvgIpc) is 2.60. The molecular formula is C21H37N3O4. The van der Waals surface area contributed by atoms with Gasteiger partial charge >= 0.3 is 6.09 Å². The van der Waals surface area contributed by atoms with Crippen molar-refractivity contribution in [3.63, 3.8) is 0 Å². The lowest BCUT2D eigenvalue weighted by atomic mass is 9.91. The summed E-state index contributed by atoms with van der Waals surface area (Å²) in [7, 11) is 0. The first-order chi connectivity index (χ1) is 13.0. The van der Waals surface area contributed by atoms with E-state index >= 15 is 0 Å². The van der Waals surface area contributed by atoms with Crippen molar-refractivity contribution >= 4 is 17.9 Å². The van der Waals surface area contributed by atoms with E-state index in [1.165, 1.54) is 0 Å². The molecule has 28 heavy (non-hydrogen) atoms. The number of hydrogen-bond donors (Lipinski definition) is 1. The van der Waals surface area contributed by atoms with E-state index in [9.17, 15) is 14.4 Å². The Morgan fingerprint density at radius 2 is 1.50 bits per heavy atom. The topological polar surface area (TPSA) is 79.0 Å². The molecule has 0 radical (unpaired) electrons. The maximum Gasteiger partial charge on any atom is 0.410 e. The Labute approximate surface area is 169 Å². The third kappa shape index (κ3) is 6.99. The van der Waals surface area contributed by atoms with Crippen molar-refractivity contribution in [2.45, 2.75) is 78.4 Å². The smallest absolute Gasteiger partial charge is 0.410 e. The van der Waals surface area contributed by atoms with Crippen LogP contribution < -0.4 is 5.32 Å². The molecule has 7 heteroatoms. The Hall–Kier alpha value is -1.79. The predicted molar refractivity (Wildman–Crippen MR) is 108 cm³/mol. The Morgan fingerprint density at radius 1 is 0.964 bits per heavy atom. The summed E-state index contributed by atoms with van der Waals surface area (Å²) in [5.41, 5.74) is -0.484. The van der Waals surface area contributed by atoms with Gasteiger partial charge < -0.3 is 19.9 Å². The molecule has 160 valence electrons. The van der Waals surface area contributed by atoms with E-state index in [1.807, 2.05) is 39.5 Å². The summed E-state index contributed by atoms with van der Waals surface area (Å²) in [5.74, 6) is 0.617. The number of carbonyl (C=O) groups is 3. The van der Waals surface area contributed by atoms with Crippen molar-refractivity contribution in [3.05, 3.63) is 0 Å². The normalized spacial score (nSPS) is 19.6. The summed E-state index contributed by atoms with van der Waals surface area (Å²) in [6.07, 6.45) is 3.41. The number of hydrogen-bond acceptors (Lipinski definition) is 4. The molecule has 0 aromatic heterocycles. The predicted octanol–water partition coefficient (Wildman–Crippen LogP) is 2.79. The Morgan fingerprint density at radius 3 is 2.00 bits per heavy atom. The number of nitrogens with zero attached hydrogens (tertiary/aromatic N) is 2. The van der Waals surface area contributed by atoms with Gasteiger partial charge in [-0.2, -0.15) is 0 Å². The third-order valence-corrected chi connectivity index (χ3v) is 5.38. The molecule has 0 atom stereocenters. The standard InChI is InChI=1S/C21H37N3O4/c1-15(2)22-19(26)17-8-12-23(13-9-17)18(25)14-16-6-10-24(11-7-16)20(27)28-21(3,4)5/h15-17H,6-14H2,1-5H3,(H,22,26). The SMILES string of the molecule is CC(C)NC(=O)C1CCN(C(=O)CC2CCN(C(=O)OC(C)(C)C)CC2)CC1. The van der Waals surface area contributed by atoms with Crippen molar-refractivity contribution in [2.75, 3.05) is 26.2 Å². The zero-order valence-corrected chi connectivity index (χ0v) is 18.1. The van der Waals surface area contributed by atoms with Crippen LogP contribution in [0.1, 0.15) is 66.7 Å². The lowest BCUT2D eigenvalue weighted by molar-refractivity contribution is -0.136. The molecule has 0 saturated carbocycles. The molecule has 2 saturated heterocycles. The summed E-state index contributed by atoms with van der Waals surface area (Å²) in [5, 5.41) is 2.96. The zero-order chi connectivity index (χ0) is 20.9. The van der Waals surface area contributed by atoms with Gasteiger partial charge in [-0.1, -0.05) is 0 Å². The molecule has 3 amide bonds. The van der Waals surface area contributed by atoms with E-state index in [0.29, 0.717) is 38.5 Å². The van der Waals surface area contributed by atoms with Crippen molar-refractivity contribution in [2.24, 2.45) is 11.8 Å². The number of rotatable bonds is 4. The van der Waals surface area contributed by atoms with Gasteiger partial charge in [-0.15, -0.1) is 0 Å². The van der Waals surface area contributed by atoms with Crippen molar-refractivity contribution in [1.29, 1.82) is 0 Å².